The lowest BCUT2D eigenvalue weighted by Gasteiger charge is -2.24. The average molecular weight is 277 g/mol. The van der Waals surface area contributed by atoms with Gasteiger partial charge in [-0.15, -0.1) is 0 Å². The largest absolute Gasteiger partial charge is 0.313 e. The zero-order chi connectivity index (χ0) is 14.4. The van der Waals surface area contributed by atoms with E-state index in [1.165, 1.54) is 37.7 Å². The summed E-state index contributed by atoms with van der Waals surface area (Å²) < 4.78 is 2.04. The van der Waals surface area contributed by atoms with Gasteiger partial charge in [-0.05, 0) is 56.6 Å². The second-order valence-corrected chi connectivity index (χ2v) is 6.32. The lowest BCUT2D eigenvalue weighted by molar-refractivity contribution is 0.344. The van der Waals surface area contributed by atoms with Crippen molar-refractivity contribution < 1.29 is 0 Å². The SMILES string of the molecule is CCCNC(Cc1cnn(CC)c1)C1CCC(CC)C1. The zero-order valence-electron chi connectivity index (χ0n) is 13.4. The van der Waals surface area contributed by atoms with Crippen molar-refractivity contribution >= 4 is 0 Å². The molecule has 3 atom stereocenters. The number of aromatic nitrogens is 2. The first-order valence-corrected chi connectivity index (χ1v) is 8.51. The standard InChI is InChI=1S/C17H31N3/c1-4-9-18-17(16-8-7-14(5-2)10-16)11-15-12-19-20(6-3)13-15/h12-14,16-18H,4-11H2,1-3H3. The molecule has 0 aromatic carbocycles. The highest BCUT2D eigenvalue weighted by molar-refractivity contribution is 5.07. The van der Waals surface area contributed by atoms with E-state index in [0.717, 1.165) is 31.3 Å². The number of hydrogen-bond acceptors (Lipinski definition) is 2. The molecule has 1 aromatic heterocycles. The van der Waals surface area contributed by atoms with Crippen LogP contribution in [0.2, 0.25) is 0 Å². The van der Waals surface area contributed by atoms with Crippen molar-refractivity contribution in [2.24, 2.45) is 11.8 Å². The van der Waals surface area contributed by atoms with Crippen LogP contribution in [-0.4, -0.2) is 22.4 Å². The van der Waals surface area contributed by atoms with Crippen LogP contribution in [0.5, 0.6) is 0 Å². The van der Waals surface area contributed by atoms with Crippen LogP contribution >= 0.6 is 0 Å². The first kappa shape index (κ1) is 15.6. The molecule has 0 bridgehead atoms. The maximum atomic E-state index is 4.41. The van der Waals surface area contributed by atoms with E-state index in [0.29, 0.717) is 6.04 Å². The lowest BCUT2D eigenvalue weighted by atomic mass is 9.91. The maximum Gasteiger partial charge on any atom is 0.0522 e. The molecule has 1 aliphatic carbocycles. The minimum Gasteiger partial charge on any atom is -0.313 e. The van der Waals surface area contributed by atoms with E-state index >= 15 is 0 Å². The third-order valence-electron chi connectivity index (χ3n) is 4.85. The van der Waals surface area contributed by atoms with Gasteiger partial charge in [-0.25, -0.2) is 0 Å². The van der Waals surface area contributed by atoms with Crippen molar-refractivity contribution in [2.75, 3.05) is 6.54 Å². The van der Waals surface area contributed by atoms with Crippen LogP contribution in [0.1, 0.15) is 58.4 Å². The minimum absolute atomic E-state index is 0.640. The Kier molecular flexibility index (Phi) is 6.08. The molecular formula is C17H31N3. The Hall–Kier alpha value is -0.830. The summed E-state index contributed by atoms with van der Waals surface area (Å²) in [5, 5.41) is 8.21. The monoisotopic (exact) mass is 277 g/mol. The van der Waals surface area contributed by atoms with E-state index in [1.807, 2.05) is 4.68 Å². The molecule has 1 aliphatic rings. The molecule has 0 amide bonds. The van der Waals surface area contributed by atoms with Crippen molar-refractivity contribution in [2.45, 2.75) is 71.9 Å². The van der Waals surface area contributed by atoms with Crippen LogP contribution in [0.25, 0.3) is 0 Å². The van der Waals surface area contributed by atoms with E-state index in [-0.39, 0.29) is 0 Å². The van der Waals surface area contributed by atoms with Gasteiger partial charge >= 0.3 is 0 Å². The summed E-state index contributed by atoms with van der Waals surface area (Å²) in [6, 6.07) is 0.640. The Bertz CT molecular complexity index is 385. The highest BCUT2D eigenvalue weighted by atomic mass is 15.3. The number of nitrogens with one attached hydrogen (secondary N) is 1. The summed E-state index contributed by atoms with van der Waals surface area (Å²) in [7, 11) is 0. The molecule has 1 aromatic rings. The molecule has 1 saturated carbocycles. The summed E-state index contributed by atoms with van der Waals surface area (Å²) in [6.45, 7) is 8.84. The van der Waals surface area contributed by atoms with Crippen LogP contribution in [0.3, 0.4) is 0 Å². The van der Waals surface area contributed by atoms with Gasteiger partial charge in [0.25, 0.3) is 0 Å². The highest BCUT2D eigenvalue weighted by Crippen LogP contribution is 2.35. The molecular weight excluding hydrogens is 246 g/mol. The highest BCUT2D eigenvalue weighted by Gasteiger charge is 2.29. The molecule has 3 heteroatoms. The molecule has 3 unspecified atom stereocenters. The Morgan fingerprint density at radius 1 is 1.35 bits per heavy atom. The topological polar surface area (TPSA) is 29.9 Å². The Labute approximate surface area is 124 Å². The molecule has 1 heterocycles. The van der Waals surface area contributed by atoms with Crippen LogP contribution < -0.4 is 5.32 Å². The van der Waals surface area contributed by atoms with E-state index in [1.54, 1.807) is 0 Å². The molecule has 0 spiro atoms. The smallest absolute Gasteiger partial charge is 0.0522 e. The van der Waals surface area contributed by atoms with Crippen molar-refractivity contribution in [3.05, 3.63) is 18.0 Å². The van der Waals surface area contributed by atoms with Gasteiger partial charge < -0.3 is 5.32 Å². The van der Waals surface area contributed by atoms with Crippen LogP contribution in [0, 0.1) is 11.8 Å². The number of nitrogens with zero attached hydrogens (tertiary/aromatic N) is 2. The molecule has 1 fully saturated rings. The first-order chi connectivity index (χ1) is 9.76. The van der Waals surface area contributed by atoms with Crippen molar-refractivity contribution in [1.82, 2.24) is 15.1 Å². The van der Waals surface area contributed by atoms with E-state index in [9.17, 15) is 0 Å². The zero-order valence-corrected chi connectivity index (χ0v) is 13.4. The van der Waals surface area contributed by atoms with E-state index < -0.39 is 0 Å². The van der Waals surface area contributed by atoms with Crippen LogP contribution in [0.4, 0.5) is 0 Å². The van der Waals surface area contributed by atoms with Gasteiger partial charge in [0.15, 0.2) is 0 Å². The molecule has 2 rings (SSSR count). The first-order valence-electron chi connectivity index (χ1n) is 8.51. The number of rotatable bonds is 8. The second-order valence-electron chi connectivity index (χ2n) is 6.32. The molecule has 20 heavy (non-hydrogen) atoms. The fourth-order valence-corrected chi connectivity index (χ4v) is 3.52. The maximum absolute atomic E-state index is 4.41. The molecule has 0 aliphatic heterocycles. The van der Waals surface area contributed by atoms with Gasteiger partial charge in [-0.2, -0.15) is 5.10 Å². The molecule has 1 N–H and O–H groups in total. The Balaban J connectivity index is 1.96. The molecule has 3 nitrogen and oxygen atoms in total. The fourth-order valence-electron chi connectivity index (χ4n) is 3.52. The van der Waals surface area contributed by atoms with Crippen LogP contribution in [0.15, 0.2) is 12.4 Å². The minimum atomic E-state index is 0.640. The van der Waals surface area contributed by atoms with Gasteiger partial charge in [-0.1, -0.05) is 26.7 Å². The van der Waals surface area contributed by atoms with Crippen molar-refractivity contribution in [1.29, 1.82) is 0 Å². The average Bonchev–Trinajstić information content (AvgIpc) is 3.12. The summed E-state index contributed by atoms with van der Waals surface area (Å²) in [4.78, 5) is 0. The fraction of sp³-hybridized carbons (Fsp3) is 0.824. The van der Waals surface area contributed by atoms with Crippen molar-refractivity contribution in [3.63, 3.8) is 0 Å². The summed E-state index contributed by atoms with van der Waals surface area (Å²) >= 11 is 0. The number of aryl methyl sites for hydroxylation is 1. The van der Waals surface area contributed by atoms with Gasteiger partial charge in [0.2, 0.25) is 0 Å². The van der Waals surface area contributed by atoms with E-state index in [4.69, 9.17) is 0 Å². The lowest BCUT2D eigenvalue weighted by Crippen LogP contribution is -2.37. The third-order valence-corrected chi connectivity index (χ3v) is 4.85. The predicted octanol–water partition coefficient (Wildman–Crippen LogP) is 3.64. The summed E-state index contributed by atoms with van der Waals surface area (Å²) in [5.74, 6) is 1.82. The Morgan fingerprint density at radius 3 is 2.80 bits per heavy atom. The predicted molar refractivity (Wildman–Crippen MR) is 84.8 cm³/mol. The van der Waals surface area contributed by atoms with Gasteiger partial charge in [0.1, 0.15) is 0 Å². The van der Waals surface area contributed by atoms with Crippen LogP contribution in [-0.2, 0) is 13.0 Å². The van der Waals surface area contributed by atoms with Gasteiger partial charge in [0, 0.05) is 18.8 Å². The summed E-state index contributed by atoms with van der Waals surface area (Å²) in [6.07, 6.45) is 12.2. The molecule has 0 saturated heterocycles. The third kappa shape index (κ3) is 4.08. The van der Waals surface area contributed by atoms with E-state index in [2.05, 4.69) is 43.6 Å². The second kappa shape index (κ2) is 7.82. The normalized spacial score (nSPS) is 24.1. The van der Waals surface area contributed by atoms with Gasteiger partial charge in [-0.3, -0.25) is 4.68 Å². The quantitative estimate of drug-likeness (QED) is 0.786. The van der Waals surface area contributed by atoms with Crippen molar-refractivity contribution in [3.8, 4) is 0 Å². The molecule has 114 valence electrons. The summed E-state index contributed by atoms with van der Waals surface area (Å²) in [5.41, 5.74) is 1.39. The molecule has 0 radical (unpaired) electrons. The van der Waals surface area contributed by atoms with Gasteiger partial charge in [0.05, 0.1) is 6.20 Å². The number of hydrogen-bond donors (Lipinski definition) is 1. The Morgan fingerprint density at radius 2 is 2.20 bits per heavy atom.